The van der Waals surface area contributed by atoms with Crippen molar-refractivity contribution in [2.75, 3.05) is 0 Å². The highest BCUT2D eigenvalue weighted by Gasteiger charge is 2.20. The fourth-order valence-electron chi connectivity index (χ4n) is 1.95. The van der Waals surface area contributed by atoms with Gasteiger partial charge in [-0.05, 0) is 24.7 Å². The Morgan fingerprint density at radius 1 is 1.40 bits per heavy atom. The van der Waals surface area contributed by atoms with Gasteiger partial charge in [0.05, 0.1) is 0 Å². The molecule has 0 bridgehead atoms. The molecular weight excluding hydrogens is 120 g/mol. The van der Waals surface area contributed by atoms with E-state index in [4.69, 9.17) is 0 Å². The van der Waals surface area contributed by atoms with E-state index in [1.165, 1.54) is 38.5 Å². The van der Waals surface area contributed by atoms with Gasteiger partial charge in [0.2, 0.25) is 0 Å². The van der Waals surface area contributed by atoms with Crippen LogP contribution in [0.25, 0.3) is 0 Å². The minimum atomic E-state index is 0.939. The zero-order valence-electron chi connectivity index (χ0n) is 7.32. The third-order valence-corrected chi connectivity index (χ3v) is 2.65. The molecule has 0 amide bonds. The summed E-state index contributed by atoms with van der Waals surface area (Å²) < 4.78 is 0. The molecule has 0 aliphatic heterocycles. The van der Waals surface area contributed by atoms with Gasteiger partial charge in [-0.2, -0.15) is 0 Å². The Hall–Kier alpha value is 0. The molecule has 1 radical (unpaired) electrons. The van der Waals surface area contributed by atoms with Gasteiger partial charge >= 0.3 is 0 Å². The Morgan fingerprint density at radius 3 is 2.80 bits per heavy atom. The van der Waals surface area contributed by atoms with Crippen LogP contribution in [-0.4, -0.2) is 0 Å². The number of hydrogen-bond acceptors (Lipinski definition) is 0. The second kappa shape index (κ2) is 4.00. The van der Waals surface area contributed by atoms with Crippen LogP contribution in [0.1, 0.15) is 52.4 Å². The highest BCUT2D eigenvalue weighted by atomic mass is 14.2. The van der Waals surface area contributed by atoms with Crippen LogP contribution in [0, 0.1) is 11.8 Å². The monoisotopic (exact) mass is 139 g/mol. The third kappa shape index (κ3) is 2.00. The lowest BCUT2D eigenvalue weighted by atomic mass is 9.78. The van der Waals surface area contributed by atoms with Gasteiger partial charge in [-0.25, -0.2) is 0 Å². The van der Waals surface area contributed by atoms with E-state index in [0.717, 1.165) is 5.92 Å². The maximum absolute atomic E-state index is 2.39. The van der Waals surface area contributed by atoms with Crippen LogP contribution >= 0.6 is 0 Å². The van der Waals surface area contributed by atoms with Crippen LogP contribution in [0.3, 0.4) is 0 Å². The second-order valence-corrected chi connectivity index (χ2v) is 3.56. The van der Waals surface area contributed by atoms with E-state index < -0.39 is 0 Å². The molecular formula is C10H19. The summed E-state index contributed by atoms with van der Waals surface area (Å²) in [4.78, 5) is 0. The maximum atomic E-state index is 2.39. The molecule has 0 heterocycles. The van der Waals surface area contributed by atoms with Crippen molar-refractivity contribution in [1.82, 2.24) is 0 Å². The molecule has 0 nitrogen and oxygen atoms in total. The van der Waals surface area contributed by atoms with Crippen LogP contribution in [0.2, 0.25) is 0 Å². The Balaban J connectivity index is 2.25. The van der Waals surface area contributed by atoms with Gasteiger partial charge in [-0.1, -0.05) is 39.5 Å². The molecule has 1 rings (SSSR count). The quantitative estimate of drug-likeness (QED) is 0.548. The van der Waals surface area contributed by atoms with Gasteiger partial charge in [-0.15, -0.1) is 0 Å². The number of rotatable bonds is 2. The first-order valence-electron chi connectivity index (χ1n) is 4.69. The average molecular weight is 139 g/mol. The van der Waals surface area contributed by atoms with Crippen LogP contribution < -0.4 is 0 Å². The Morgan fingerprint density at radius 2 is 2.20 bits per heavy atom. The van der Waals surface area contributed by atoms with E-state index in [9.17, 15) is 0 Å². The Bertz CT molecular complexity index is 84.0. The molecule has 0 heteroatoms. The maximum Gasteiger partial charge on any atom is -0.0213 e. The molecule has 1 unspecified atom stereocenters. The molecule has 0 aromatic rings. The smallest absolute Gasteiger partial charge is 0.0213 e. The molecule has 0 aromatic carbocycles. The first-order valence-corrected chi connectivity index (χ1v) is 4.69. The molecule has 1 aliphatic rings. The summed E-state index contributed by atoms with van der Waals surface area (Å²) >= 11 is 0. The van der Waals surface area contributed by atoms with Crippen molar-refractivity contribution in [3.05, 3.63) is 5.92 Å². The molecule has 0 spiro atoms. The van der Waals surface area contributed by atoms with Crippen LogP contribution in [0.15, 0.2) is 0 Å². The molecule has 0 N–H and O–H groups in total. The van der Waals surface area contributed by atoms with Crippen molar-refractivity contribution >= 4 is 0 Å². The van der Waals surface area contributed by atoms with E-state index in [1.54, 1.807) is 0 Å². The summed E-state index contributed by atoms with van der Waals surface area (Å²) in [6.07, 6.45) is 8.54. The lowest BCUT2D eigenvalue weighted by Crippen LogP contribution is -2.13. The first-order chi connectivity index (χ1) is 4.84. The summed E-state index contributed by atoms with van der Waals surface area (Å²) in [7, 11) is 0. The summed E-state index contributed by atoms with van der Waals surface area (Å²) in [5, 5.41) is 0. The molecule has 0 saturated heterocycles. The van der Waals surface area contributed by atoms with Crippen LogP contribution in [0.4, 0.5) is 0 Å². The van der Waals surface area contributed by atoms with Crippen molar-refractivity contribution in [2.24, 2.45) is 5.92 Å². The van der Waals surface area contributed by atoms with Crippen LogP contribution in [-0.2, 0) is 0 Å². The Kier molecular flexibility index (Phi) is 3.24. The highest BCUT2D eigenvalue weighted by Crippen LogP contribution is 2.34. The topological polar surface area (TPSA) is 0 Å². The van der Waals surface area contributed by atoms with E-state index in [1.807, 2.05) is 5.92 Å². The van der Waals surface area contributed by atoms with E-state index >= 15 is 0 Å². The molecule has 1 saturated carbocycles. The van der Waals surface area contributed by atoms with E-state index in [2.05, 4.69) is 13.8 Å². The summed E-state index contributed by atoms with van der Waals surface area (Å²) in [6.45, 7) is 4.68. The second-order valence-electron chi connectivity index (χ2n) is 3.56. The average Bonchev–Trinajstić information content (AvgIpc) is 1.94. The van der Waals surface area contributed by atoms with E-state index in [-0.39, 0.29) is 0 Å². The molecule has 1 atom stereocenters. The van der Waals surface area contributed by atoms with Crippen molar-refractivity contribution in [3.63, 3.8) is 0 Å². The molecule has 1 fully saturated rings. The van der Waals surface area contributed by atoms with Gasteiger partial charge in [0, 0.05) is 0 Å². The summed E-state index contributed by atoms with van der Waals surface area (Å²) in [5.74, 6) is 2.78. The van der Waals surface area contributed by atoms with Gasteiger partial charge in [0.15, 0.2) is 0 Å². The minimum Gasteiger partial charge on any atom is -0.0654 e. The minimum absolute atomic E-state index is 0.939. The summed E-state index contributed by atoms with van der Waals surface area (Å²) in [5.41, 5.74) is 0. The largest absolute Gasteiger partial charge is 0.0654 e. The Labute approximate surface area is 65.0 Å². The lowest BCUT2D eigenvalue weighted by molar-refractivity contribution is 0.397. The van der Waals surface area contributed by atoms with Gasteiger partial charge < -0.3 is 0 Å². The van der Waals surface area contributed by atoms with Gasteiger partial charge in [-0.3, -0.25) is 0 Å². The predicted octanol–water partition coefficient (Wildman–Crippen LogP) is 3.57. The number of hydrogen-bond donors (Lipinski definition) is 0. The van der Waals surface area contributed by atoms with E-state index in [0.29, 0.717) is 0 Å². The highest BCUT2D eigenvalue weighted by molar-refractivity contribution is 4.96. The van der Waals surface area contributed by atoms with Crippen molar-refractivity contribution in [3.8, 4) is 0 Å². The molecule has 10 heavy (non-hydrogen) atoms. The van der Waals surface area contributed by atoms with Crippen LogP contribution in [0.5, 0.6) is 0 Å². The fourth-order valence-corrected chi connectivity index (χ4v) is 1.95. The third-order valence-electron chi connectivity index (χ3n) is 2.65. The summed E-state index contributed by atoms with van der Waals surface area (Å²) in [6, 6.07) is 0. The molecule has 59 valence electrons. The predicted molar refractivity (Wildman–Crippen MR) is 45.8 cm³/mol. The lowest BCUT2D eigenvalue weighted by Gasteiger charge is -2.27. The van der Waals surface area contributed by atoms with Crippen molar-refractivity contribution in [1.29, 1.82) is 0 Å². The normalized spacial score (nSPS) is 28.8. The molecule has 1 aliphatic carbocycles. The first kappa shape index (κ1) is 8.10. The standard InChI is InChI=1S/C10H19/c1-3-6-10-8-5-4-7-9(10)2/h9H,3-8H2,1-2H3. The fraction of sp³-hybridized carbons (Fsp3) is 0.900. The molecule has 0 aromatic heterocycles. The van der Waals surface area contributed by atoms with Gasteiger partial charge in [0.1, 0.15) is 0 Å². The SMILES string of the molecule is CCC[C]1CCCCC1C. The zero-order valence-corrected chi connectivity index (χ0v) is 7.32. The van der Waals surface area contributed by atoms with Crippen molar-refractivity contribution in [2.45, 2.75) is 52.4 Å². The zero-order chi connectivity index (χ0) is 7.40. The van der Waals surface area contributed by atoms with Gasteiger partial charge in [0.25, 0.3) is 0 Å². The van der Waals surface area contributed by atoms with Crippen molar-refractivity contribution < 1.29 is 0 Å².